The zero-order valence-electron chi connectivity index (χ0n) is 11.2. The summed E-state index contributed by atoms with van der Waals surface area (Å²) in [5.41, 5.74) is 0.146. The van der Waals surface area contributed by atoms with Crippen LogP contribution >= 0.6 is 12.6 Å². The van der Waals surface area contributed by atoms with E-state index in [4.69, 9.17) is 4.74 Å². The maximum Gasteiger partial charge on any atom is 0.275 e. The molecule has 0 spiro atoms. The van der Waals surface area contributed by atoms with Crippen LogP contribution in [0.25, 0.3) is 0 Å². The molecule has 1 aromatic carbocycles. The predicted octanol–water partition coefficient (Wildman–Crippen LogP) is 3.62. The van der Waals surface area contributed by atoms with Crippen molar-refractivity contribution in [3.05, 3.63) is 33.6 Å². The van der Waals surface area contributed by atoms with Gasteiger partial charge in [-0.2, -0.15) is 12.6 Å². The normalized spacial score (nSPS) is 12.5. The molecule has 0 radical (unpaired) electrons. The van der Waals surface area contributed by atoms with Crippen LogP contribution in [-0.4, -0.2) is 17.3 Å². The van der Waals surface area contributed by atoms with Gasteiger partial charge >= 0.3 is 0 Å². The van der Waals surface area contributed by atoms with Crippen molar-refractivity contribution in [1.29, 1.82) is 0 Å². The molecular weight excluding hydrogens is 269 g/mol. The fourth-order valence-corrected chi connectivity index (χ4v) is 2.13. The van der Waals surface area contributed by atoms with E-state index in [1.54, 1.807) is 6.92 Å². The Kier molecular flexibility index (Phi) is 5.60. The van der Waals surface area contributed by atoms with Crippen LogP contribution in [0.4, 0.5) is 10.1 Å². The summed E-state index contributed by atoms with van der Waals surface area (Å²) in [6, 6.07) is 2.26. The Morgan fingerprint density at radius 3 is 2.58 bits per heavy atom. The highest BCUT2D eigenvalue weighted by atomic mass is 32.1. The third kappa shape index (κ3) is 4.09. The third-order valence-corrected chi connectivity index (χ3v) is 3.55. The molecule has 0 bridgehead atoms. The van der Waals surface area contributed by atoms with E-state index in [1.165, 1.54) is 6.07 Å². The van der Waals surface area contributed by atoms with Crippen LogP contribution < -0.4 is 4.74 Å². The van der Waals surface area contributed by atoms with E-state index in [0.717, 1.165) is 6.07 Å². The second-order valence-corrected chi connectivity index (χ2v) is 5.19. The highest BCUT2D eigenvalue weighted by molar-refractivity contribution is 7.80. The number of benzene rings is 1. The SMILES string of the molecule is Cc1cc(OCC(CS)C(C)C)c(F)cc1[N+](=O)[O-]. The first-order valence-corrected chi connectivity index (χ1v) is 6.68. The van der Waals surface area contributed by atoms with E-state index in [9.17, 15) is 14.5 Å². The van der Waals surface area contributed by atoms with Crippen LogP contribution in [0.5, 0.6) is 5.75 Å². The lowest BCUT2D eigenvalue weighted by atomic mass is 9.99. The molecule has 0 aromatic heterocycles. The van der Waals surface area contributed by atoms with Gasteiger partial charge in [0.1, 0.15) is 0 Å². The Balaban J connectivity index is 2.85. The Labute approximate surface area is 117 Å². The van der Waals surface area contributed by atoms with E-state index < -0.39 is 10.7 Å². The van der Waals surface area contributed by atoms with Crippen LogP contribution in [0.2, 0.25) is 0 Å². The maximum absolute atomic E-state index is 13.7. The van der Waals surface area contributed by atoms with Gasteiger partial charge in [0.2, 0.25) is 0 Å². The number of ether oxygens (including phenoxy) is 1. The van der Waals surface area contributed by atoms with Crippen LogP contribution in [-0.2, 0) is 0 Å². The minimum atomic E-state index is -0.709. The Hall–Kier alpha value is -1.30. The summed E-state index contributed by atoms with van der Waals surface area (Å²) in [5, 5.41) is 10.7. The molecule has 0 aliphatic carbocycles. The van der Waals surface area contributed by atoms with E-state index in [0.29, 0.717) is 23.8 Å². The highest BCUT2D eigenvalue weighted by Gasteiger charge is 2.18. The van der Waals surface area contributed by atoms with Gasteiger partial charge in [0, 0.05) is 11.5 Å². The molecule has 6 heteroatoms. The van der Waals surface area contributed by atoms with Crippen LogP contribution in [0.3, 0.4) is 0 Å². The van der Waals surface area contributed by atoms with E-state index >= 15 is 0 Å². The fraction of sp³-hybridized carbons (Fsp3) is 0.538. The smallest absolute Gasteiger partial charge is 0.275 e. The summed E-state index contributed by atoms with van der Waals surface area (Å²) in [6.07, 6.45) is 0. The lowest BCUT2D eigenvalue weighted by Gasteiger charge is -2.19. The average molecular weight is 287 g/mol. The molecule has 0 saturated heterocycles. The second-order valence-electron chi connectivity index (χ2n) is 4.82. The largest absolute Gasteiger partial charge is 0.490 e. The molecule has 106 valence electrons. The first-order chi connectivity index (χ1) is 8.86. The van der Waals surface area contributed by atoms with Gasteiger partial charge in [0.15, 0.2) is 11.6 Å². The molecule has 19 heavy (non-hydrogen) atoms. The summed E-state index contributed by atoms with van der Waals surface area (Å²) in [7, 11) is 0. The van der Waals surface area contributed by atoms with Gasteiger partial charge in [-0.05, 0) is 24.7 Å². The van der Waals surface area contributed by atoms with Crippen molar-refractivity contribution in [2.24, 2.45) is 11.8 Å². The molecule has 0 aliphatic heterocycles. The van der Waals surface area contributed by atoms with Crippen LogP contribution in [0.15, 0.2) is 12.1 Å². The number of halogens is 1. The van der Waals surface area contributed by atoms with Gasteiger partial charge in [-0.15, -0.1) is 0 Å². The van der Waals surface area contributed by atoms with Gasteiger partial charge in [0.25, 0.3) is 5.69 Å². The first-order valence-electron chi connectivity index (χ1n) is 6.05. The zero-order chi connectivity index (χ0) is 14.6. The van der Waals surface area contributed by atoms with Gasteiger partial charge < -0.3 is 4.74 Å². The standard InChI is InChI=1S/C13H18FNO3S/c1-8(2)10(7-19)6-18-13-4-9(3)12(15(16)17)5-11(13)14/h4-5,8,10,19H,6-7H2,1-3H3. The highest BCUT2D eigenvalue weighted by Crippen LogP contribution is 2.27. The lowest BCUT2D eigenvalue weighted by Crippen LogP contribution is -2.19. The second kappa shape index (κ2) is 6.75. The van der Waals surface area contributed by atoms with Crippen molar-refractivity contribution < 1.29 is 14.1 Å². The summed E-state index contributed by atoms with van der Waals surface area (Å²) < 4.78 is 19.1. The summed E-state index contributed by atoms with van der Waals surface area (Å²) in [5.74, 6) is 0.568. The number of hydrogen-bond donors (Lipinski definition) is 1. The summed E-state index contributed by atoms with van der Waals surface area (Å²) in [4.78, 5) is 10.1. The third-order valence-electron chi connectivity index (χ3n) is 3.08. The Bertz CT molecular complexity index is 465. The number of nitro benzene ring substituents is 1. The molecule has 0 fully saturated rings. The predicted molar refractivity (Wildman–Crippen MR) is 75.5 cm³/mol. The molecule has 1 atom stereocenters. The molecular formula is C13H18FNO3S. The van der Waals surface area contributed by atoms with E-state index in [2.05, 4.69) is 12.6 Å². The number of thiol groups is 1. The van der Waals surface area contributed by atoms with Crippen molar-refractivity contribution >= 4 is 18.3 Å². The minimum absolute atomic E-state index is 0.0514. The van der Waals surface area contributed by atoms with Gasteiger partial charge in [-0.3, -0.25) is 10.1 Å². The van der Waals surface area contributed by atoms with Crippen molar-refractivity contribution in [3.63, 3.8) is 0 Å². The average Bonchev–Trinajstić information content (AvgIpc) is 2.32. The molecule has 1 rings (SSSR count). The van der Waals surface area contributed by atoms with Gasteiger partial charge in [-0.25, -0.2) is 4.39 Å². The summed E-state index contributed by atoms with van der Waals surface area (Å²) >= 11 is 4.23. The quantitative estimate of drug-likeness (QED) is 0.494. The summed E-state index contributed by atoms with van der Waals surface area (Å²) in [6.45, 7) is 5.99. The first kappa shape index (κ1) is 15.8. The number of nitro groups is 1. The molecule has 0 N–H and O–H groups in total. The molecule has 0 saturated carbocycles. The number of hydrogen-bond acceptors (Lipinski definition) is 4. The van der Waals surface area contributed by atoms with E-state index in [-0.39, 0.29) is 17.4 Å². The molecule has 0 amide bonds. The van der Waals surface area contributed by atoms with Crippen molar-refractivity contribution in [3.8, 4) is 5.75 Å². The van der Waals surface area contributed by atoms with Gasteiger partial charge in [-0.1, -0.05) is 13.8 Å². The van der Waals surface area contributed by atoms with E-state index in [1.807, 2.05) is 13.8 Å². The van der Waals surface area contributed by atoms with Crippen LogP contribution in [0.1, 0.15) is 19.4 Å². The van der Waals surface area contributed by atoms with Crippen molar-refractivity contribution in [1.82, 2.24) is 0 Å². The lowest BCUT2D eigenvalue weighted by molar-refractivity contribution is -0.385. The van der Waals surface area contributed by atoms with Crippen molar-refractivity contribution in [2.75, 3.05) is 12.4 Å². The van der Waals surface area contributed by atoms with Gasteiger partial charge in [0.05, 0.1) is 17.6 Å². The Morgan fingerprint density at radius 2 is 2.11 bits per heavy atom. The Morgan fingerprint density at radius 1 is 1.47 bits per heavy atom. The van der Waals surface area contributed by atoms with Crippen LogP contribution in [0, 0.1) is 34.7 Å². The molecule has 0 heterocycles. The number of rotatable bonds is 6. The zero-order valence-corrected chi connectivity index (χ0v) is 12.1. The monoisotopic (exact) mass is 287 g/mol. The maximum atomic E-state index is 13.7. The molecule has 1 unspecified atom stereocenters. The number of nitrogens with zero attached hydrogens (tertiary/aromatic N) is 1. The number of aryl methyl sites for hydroxylation is 1. The molecule has 1 aromatic rings. The molecule has 4 nitrogen and oxygen atoms in total. The fourth-order valence-electron chi connectivity index (χ4n) is 1.60. The topological polar surface area (TPSA) is 52.4 Å². The minimum Gasteiger partial charge on any atom is -0.490 e. The molecule has 0 aliphatic rings. The van der Waals surface area contributed by atoms with Crippen molar-refractivity contribution in [2.45, 2.75) is 20.8 Å².